The summed E-state index contributed by atoms with van der Waals surface area (Å²) in [6.45, 7) is 4.30. The van der Waals surface area contributed by atoms with Gasteiger partial charge in [-0.05, 0) is 37.6 Å². The quantitative estimate of drug-likeness (QED) is 0.416. The average molecular weight is 370 g/mol. The zero-order chi connectivity index (χ0) is 19.8. The fourth-order valence-electron chi connectivity index (χ4n) is 2.87. The van der Waals surface area contributed by atoms with Crippen molar-refractivity contribution in [3.63, 3.8) is 0 Å². The van der Waals surface area contributed by atoms with Crippen molar-refractivity contribution in [2.24, 2.45) is 0 Å². The Morgan fingerprint density at radius 1 is 1.15 bits per heavy atom. The number of nitrogens with zero attached hydrogens (tertiary/aromatic N) is 3. The first-order valence-electron chi connectivity index (χ1n) is 8.98. The van der Waals surface area contributed by atoms with Crippen molar-refractivity contribution in [2.45, 2.75) is 13.3 Å². The van der Waals surface area contributed by atoms with Gasteiger partial charge in [0.15, 0.2) is 0 Å². The molecule has 27 heavy (non-hydrogen) atoms. The van der Waals surface area contributed by atoms with E-state index >= 15 is 0 Å². The zero-order valence-electron chi connectivity index (χ0n) is 16.0. The maximum Gasteiger partial charge on any atom is 0.293 e. The number of nitro groups is 1. The van der Waals surface area contributed by atoms with E-state index in [1.54, 1.807) is 31.1 Å². The number of carbonyl (C=O) groups excluding carboxylic acids is 1. The van der Waals surface area contributed by atoms with Crippen molar-refractivity contribution in [3.8, 4) is 0 Å². The van der Waals surface area contributed by atoms with Crippen LogP contribution in [0.25, 0.3) is 0 Å². The topological polar surface area (TPSA) is 78.7 Å². The van der Waals surface area contributed by atoms with E-state index in [2.05, 4.69) is 29.3 Å². The summed E-state index contributed by atoms with van der Waals surface area (Å²) in [4.78, 5) is 27.0. The van der Waals surface area contributed by atoms with Crippen LogP contribution in [0.5, 0.6) is 0 Å². The molecule has 0 saturated heterocycles. The molecule has 0 atom stereocenters. The number of amides is 1. The summed E-state index contributed by atoms with van der Waals surface area (Å²) in [7, 11) is 3.46. The lowest BCUT2D eigenvalue weighted by atomic mass is 10.1. The summed E-state index contributed by atoms with van der Waals surface area (Å²) in [5.74, 6) is -0.300. The van der Waals surface area contributed by atoms with Crippen molar-refractivity contribution in [2.75, 3.05) is 43.5 Å². The minimum absolute atomic E-state index is 0.0751. The van der Waals surface area contributed by atoms with Gasteiger partial charge in [0.2, 0.25) is 0 Å². The highest BCUT2D eigenvalue weighted by atomic mass is 16.6. The molecule has 0 bridgehead atoms. The van der Waals surface area contributed by atoms with Crippen molar-refractivity contribution in [1.82, 2.24) is 5.32 Å². The molecule has 2 rings (SSSR count). The number of para-hydroxylation sites is 1. The Hall–Kier alpha value is -3.09. The van der Waals surface area contributed by atoms with Crippen LogP contribution in [0, 0.1) is 10.1 Å². The molecule has 7 nitrogen and oxygen atoms in total. The maximum absolute atomic E-state index is 12.3. The second-order valence-electron chi connectivity index (χ2n) is 6.38. The van der Waals surface area contributed by atoms with E-state index in [0.717, 1.165) is 25.2 Å². The SMILES string of the molecule is CCN(CCCNC(=O)c1ccc(N(C)C)c([N+](=O)[O-])c1)c1ccccc1. The third-order valence-corrected chi connectivity index (χ3v) is 4.31. The first-order valence-corrected chi connectivity index (χ1v) is 8.98. The molecule has 2 aromatic rings. The number of carbonyl (C=O) groups is 1. The zero-order valence-corrected chi connectivity index (χ0v) is 16.0. The molecule has 0 aromatic heterocycles. The molecule has 1 N–H and O–H groups in total. The van der Waals surface area contributed by atoms with Gasteiger partial charge < -0.3 is 15.1 Å². The molecule has 7 heteroatoms. The number of nitrogens with one attached hydrogen (secondary N) is 1. The lowest BCUT2D eigenvalue weighted by Crippen LogP contribution is -2.30. The lowest BCUT2D eigenvalue weighted by Gasteiger charge is -2.23. The average Bonchev–Trinajstić information content (AvgIpc) is 2.68. The monoisotopic (exact) mass is 370 g/mol. The van der Waals surface area contributed by atoms with Crippen molar-refractivity contribution in [1.29, 1.82) is 0 Å². The Kier molecular flexibility index (Phi) is 7.16. The van der Waals surface area contributed by atoms with Crippen LogP contribution in [0.3, 0.4) is 0 Å². The van der Waals surface area contributed by atoms with Crippen molar-refractivity contribution in [3.05, 3.63) is 64.2 Å². The number of rotatable bonds is 9. The third kappa shape index (κ3) is 5.44. The molecule has 0 fully saturated rings. The normalized spacial score (nSPS) is 10.3. The first kappa shape index (κ1) is 20.2. The second-order valence-corrected chi connectivity index (χ2v) is 6.38. The molecular weight excluding hydrogens is 344 g/mol. The van der Waals surface area contributed by atoms with Crippen LogP contribution in [0.1, 0.15) is 23.7 Å². The molecular formula is C20H26N4O3. The van der Waals surface area contributed by atoms with Gasteiger partial charge in [-0.2, -0.15) is 0 Å². The van der Waals surface area contributed by atoms with Crippen LogP contribution in [0.15, 0.2) is 48.5 Å². The van der Waals surface area contributed by atoms with Gasteiger partial charge in [0.05, 0.1) is 4.92 Å². The summed E-state index contributed by atoms with van der Waals surface area (Å²) in [5.41, 5.74) is 1.84. The minimum Gasteiger partial charge on any atom is -0.372 e. The van der Waals surface area contributed by atoms with E-state index < -0.39 is 4.92 Å². The number of hydrogen-bond donors (Lipinski definition) is 1. The van der Waals surface area contributed by atoms with E-state index in [0.29, 0.717) is 17.8 Å². The van der Waals surface area contributed by atoms with Gasteiger partial charge in [-0.15, -0.1) is 0 Å². The van der Waals surface area contributed by atoms with Crippen LogP contribution >= 0.6 is 0 Å². The van der Waals surface area contributed by atoms with Gasteiger partial charge in [-0.1, -0.05) is 18.2 Å². The highest BCUT2D eigenvalue weighted by Gasteiger charge is 2.18. The Labute approximate surface area is 159 Å². The van der Waals surface area contributed by atoms with E-state index in [4.69, 9.17) is 0 Å². The molecule has 0 aliphatic carbocycles. The Balaban J connectivity index is 1.92. The van der Waals surface area contributed by atoms with Crippen molar-refractivity contribution >= 4 is 23.0 Å². The van der Waals surface area contributed by atoms with E-state index in [9.17, 15) is 14.9 Å². The van der Waals surface area contributed by atoms with Gasteiger partial charge >= 0.3 is 0 Å². The Bertz CT molecular complexity index is 778. The smallest absolute Gasteiger partial charge is 0.293 e. The third-order valence-electron chi connectivity index (χ3n) is 4.31. The number of benzene rings is 2. The number of nitro benzene ring substituents is 1. The van der Waals surface area contributed by atoms with Crippen LogP contribution in [0.2, 0.25) is 0 Å². The first-order chi connectivity index (χ1) is 12.9. The summed E-state index contributed by atoms with van der Waals surface area (Å²) in [6, 6.07) is 14.7. The summed E-state index contributed by atoms with van der Waals surface area (Å²) in [5, 5.41) is 14.1. The summed E-state index contributed by atoms with van der Waals surface area (Å²) in [6.07, 6.45) is 0.784. The van der Waals surface area contributed by atoms with Crippen LogP contribution in [-0.4, -0.2) is 44.6 Å². The van der Waals surface area contributed by atoms with E-state index in [1.165, 1.54) is 6.07 Å². The lowest BCUT2D eigenvalue weighted by molar-refractivity contribution is -0.384. The fourth-order valence-corrected chi connectivity index (χ4v) is 2.87. The highest BCUT2D eigenvalue weighted by molar-refractivity contribution is 5.95. The molecule has 1 amide bonds. The van der Waals surface area contributed by atoms with Gasteiger partial charge in [-0.25, -0.2) is 0 Å². The summed E-state index contributed by atoms with van der Waals surface area (Å²) < 4.78 is 0. The largest absolute Gasteiger partial charge is 0.372 e. The van der Waals surface area contributed by atoms with Crippen LogP contribution in [0.4, 0.5) is 17.1 Å². The summed E-state index contributed by atoms with van der Waals surface area (Å²) >= 11 is 0. The molecule has 0 unspecified atom stereocenters. The minimum atomic E-state index is -0.467. The van der Waals surface area contributed by atoms with Gasteiger partial charge in [0.1, 0.15) is 5.69 Å². The molecule has 0 aliphatic heterocycles. The maximum atomic E-state index is 12.3. The predicted octanol–water partition coefficient (Wildman–Crippen LogP) is 3.31. The highest BCUT2D eigenvalue weighted by Crippen LogP contribution is 2.27. The fraction of sp³-hybridized carbons (Fsp3) is 0.350. The molecule has 0 aliphatic rings. The number of anilines is 2. The molecule has 0 saturated carbocycles. The molecule has 0 spiro atoms. The predicted molar refractivity (Wildman–Crippen MR) is 109 cm³/mol. The van der Waals surface area contributed by atoms with Gasteiger partial charge in [0, 0.05) is 51.0 Å². The van der Waals surface area contributed by atoms with Crippen LogP contribution < -0.4 is 15.1 Å². The van der Waals surface area contributed by atoms with Gasteiger partial charge in [-0.3, -0.25) is 14.9 Å². The van der Waals surface area contributed by atoms with Crippen molar-refractivity contribution < 1.29 is 9.72 Å². The molecule has 0 radical (unpaired) electrons. The Morgan fingerprint density at radius 3 is 2.44 bits per heavy atom. The Morgan fingerprint density at radius 2 is 1.85 bits per heavy atom. The molecule has 144 valence electrons. The standard InChI is InChI=1S/C20H26N4O3/c1-4-23(17-9-6-5-7-10-17)14-8-13-21-20(25)16-11-12-18(22(2)3)19(15-16)24(26)27/h5-7,9-12,15H,4,8,13-14H2,1-3H3,(H,21,25). The van der Waals surface area contributed by atoms with Crippen LogP contribution in [-0.2, 0) is 0 Å². The molecule has 2 aromatic carbocycles. The molecule has 0 heterocycles. The van der Waals surface area contributed by atoms with E-state index in [-0.39, 0.29) is 11.6 Å². The number of hydrogen-bond acceptors (Lipinski definition) is 5. The van der Waals surface area contributed by atoms with Gasteiger partial charge in [0.25, 0.3) is 11.6 Å². The van der Waals surface area contributed by atoms with E-state index in [1.807, 2.05) is 18.2 Å². The second kappa shape index (κ2) is 9.56.